The van der Waals surface area contributed by atoms with Crippen molar-refractivity contribution in [2.45, 2.75) is 58.8 Å². The summed E-state index contributed by atoms with van der Waals surface area (Å²) in [6, 6.07) is 12.8. The first-order valence-electron chi connectivity index (χ1n) is 14.6. The number of β-amino-alcohol motifs (C(OH)–C–C–N with tert-alkyl or cyclic N) is 1. The highest BCUT2D eigenvalue weighted by molar-refractivity contribution is 7.13. The monoisotopic (exact) mass is 659 g/mol. The third kappa shape index (κ3) is 9.64. The Morgan fingerprint density at radius 2 is 1.73 bits per heavy atom. The van der Waals surface area contributed by atoms with E-state index in [4.69, 9.17) is 15.2 Å². The molecule has 0 radical (unpaired) electrons. The number of nitrogens with one attached hydrogen (secondary N) is 2. The maximum absolute atomic E-state index is 13.8. The van der Waals surface area contributed by atoms with E-state index in [0.717, 1.165) is 21.7 Å². The number of likely N-dealkylation sites (tertiary alicyclic amines) is 1. The maximum Gasteiger partial charge on any atom is 0.258 e. The minimum atomic E-state index is -0.950. The van der Waals surface area contributed by atoms with Crippen LogP contribution in [0.2, 0.25) is 0 Å². The third-order valence-corrected chi connectivity index (χ3v) is 8.27. The molecule has 45 heavy (non-hydrogen) atoms. The molecule has 1 saturated heterocycles. The number of ether oxygens (including phenoxy) is 2. The first-order valence-corrected chi connectivity index (χ1v) is 15.4. The van der Waals surface area contributed by atoms with Crippen LogP contribution in [0.4, 0.5) is 0 Å². The molecule has 0 unspecified atom stereocenters. The molecule has 3 atom stereocenters. The average molecular weight is 660 g/mol. The minimum absolute atomic E-state index is 0. The van der Waals surface area contributed by atoms with Crippen molar-refractivity contribution >= 4 is 41.5 Å². The van der Waals surface area contributed by atoms with Crippen LogP contribution in [-0.4, -0.2) is 77.2 Å². The Balaban J connectivity index is 0.00000552. The van der Waals surface area contributed by atoms with Crippen LogP contribution in [0.1, 0.15) is 38.4 Å². The van der Waals surface area contributed by atoms with Crippen LogP contribution in [0.15, 0.2) is 54.0 Å². The number of nitrogens with zero attached hydrogens (tertiary/aromatic N) is 2. The van der Waals surface area contributed by atoms with Gasteiger partial charge in [0.25, 0.3) is 5.91 Å². The lowest BCUT2D eigenvalue weighted by Gasteiger charge is -2.35. The number of rotatable bonds is 12. The smallest absolute Gasteiger partial charge is 0.258 e. The Morgan fingerprint density at radius 1 is 1.09 bits per heavy atom. The number of carbonyl (C=O) groups is 3. The highest BCUT2D eigenvalue weighted by Gasteiger charge is 2.44. The number of hydrogen-bond acceptors (Lipinski definition) is 9. The Labute approximate surface area is 273 Å². The molecule has 244 valence electrons. The fourth-order valence-electron chi connectivity index (χ4n) is 4.94. The van der Waals surface area contributed by atoms with Gasteiger partial charge < -0.3 is 35.8 Å². The van der Waals surface area contributed by atoms with Gasteiger partial charge in [-0.3, -0.25) is 14.4 Å². The minimum Gasteiger partial charge on any atom is -0.492 e. The van der Waals surface area contributed by atoms with Crippen molar-refractivity contribution < 1.29 is 29.0 Å². The molecule has 0 bridgehead atoms. The number of hydrogen-bond donors (Lipinski definition) is 4. The lowest BCUT2D eigenvalue weighted by atomic mass is 9.85. The van der Waals surface area contributed by atoms with E-state index in [-0.39, 0.29) is 44.4 Å². The number of nitrogens with two attached hydrogens (primary N) is 1. The Hall–Kier alpha value is -3.71. The number of aliphatic hydroxyl groups excluding tert-OH is 1. The van der Waals surface area contributed by atoms with Crippen LogP contribution in [0.5, 0.6) is 11.5 Å². The fraction of sp³-hybridized carbons (Fsp3) is 0.438. The van der Waals surface area contributed by atoms with Crippen molar-refractivity contribution in [2.75, 3.05) is 26.3 Å². The van der Waals surface area contributed by atoms with Crippen molar-refractivity contribution in [3.63, 3.8) is 0 Å². The van der Waals surface area contributed by atoms with E-state index >= 15 is 0 Å². The SMILES string of the molecule is Cc1ncsc1-c1ccc(CNC(=O)[C@@H]2C[C@@H](O)CN2C(=O)[C@@H](NC(=O)COc2ccc(OCCN)cc2)C(C)(C)C)cc1.Cl. The van der Waals surface area contributed by atoms with Crippen LogP contribution >= 0.6 is 23.7 Å². The Bertz CT molecular complexity index is 1430. The van der Waals surface area contributed by atoms with Gasteiger partial charge in [0.05, 0.1) is 22.2 Å². The van der Waals surface area contributed by atoms with Crippen LogP contribution in [0.3, 0.4) is 0 Å². The van der Waals surface area contributed by atoms with Gasteiger partial charge in [0.1, 0.15) is 30.2 Å². The number of thiazole rings is 1. The van der Waals surface area contributed by atoms with Gasteiger partial charge in [0.15, 0.2) is 6.61 Å². The van der Waals surface area contributed by atoms with Gasteiger partial charge >= 0.3 is 0 Å². The summed E-state index contributed by atoms with van der Waals surface area (Å²) in [5.41, 5.74) is 9.51. The Kier molecular flexibility index (Phi) is 12.7. The van der Waals surface area contributed by atoms with E-state index in [1.807, 2.05) is 57.5 Å². The summed E-state index contributed by atoms with van der Waals surface area (Å²) in [7, 11) is 0. The van der Waals surface area contributed by atoms with E-state index in [9.17, 15) is 19.5 Å². The lowest BCUT2D eigenvalue weighted by Crippen LogP contribution is -2.58. The average Bonchev–Trinajstić information content (AvgIpc) is 3.61. The molecule has 3 amide bonds. The number of aryl methyl sites for hydroxylation is 1. The van der Waals surface area contributed by atoms with Crippen LogP contribution in [-0.2, 0) is 20.9 Å². The molecule has 1 fully saturated rings. The van der Waals surface area contributed by atoms with E-state index in [1.54, 1.807) is 35.6 Å². The molecule has 2 heterocycles. The number of carbonyl (C=O) groups excluding carboxylic acids is 3. The molecule has 0 spiro atoms. The quantitative estimate of drug-likeness (QED) is 0.231. The molecule has 3 aromatic rings. The number of halogens is 1. The van der Waals surface area contributed by atoms with E-state index in [1.165, 1.54) is 4.90 Å². The number of amides is 3. The summed E-state index contributed by atoms with van der Waals surface area (Å²) in [6.07, 6.45) is -0.742. The molecular weight excluding hydrogens is 618 g/mol. The van der Waals surface area contributed by atoms with Gasteiger partial charge in [-0.05, 0) is 47.7 Å². The molecule has 5 N–H and O–H groups in total. The van der Waals surface area contributed by atoms with Gasteiger partial charge in [-0.1, -0.05) is 45.0 Å². The lowest BCUT2D eigenvalue weighted by molar-refractivity contribution is -0.144. The van der Waals surface area contributed by atoms with E-state index in [0.29, 0.717) is 24.7 Å². The molecule has 0 saturated carbocycles. The predicted molar refractivity (Wildman–Crippen MR) is 175 cm³/mol. The molecular formula is C32H42ClN5O6S. The standard InChI is InChI=1S/C32H41N5O6S.ClH/c1-20-28(44-19-35-20)22-7-5-21(6-8-22)16-34-30(40)26-15-23(38)17-37(26)31(41)29(32(2,3)4)36-27(39)18-43-25-11-9-24(10-12-25)42-14-13-33;/h5-12,19,23,26,29,38H,13-18,33H2,1-4H3,(H,34,40)(H,36,39);1H/t23-,26+,29-;/m1./s1. The van der Waals surface area contributed by atoms with E-state index < -0.39 is 35.4 Å². The first kappa shape index (κ1) is 35.8. The number of aromatic nitrogens is 1. The van der Waals surface area contributed by atoms with Crippen molar-refractivity contribution in [3.8, 4) is 21.9 Å². The second kappa shape index (κ2) is 16.0. The zero-order valence-electron chi connectivity index (χ0n) is 25.9. The molecule has 2 aromatic carbocycles. The van der Waals surface area contributed by atoms with Gasteiger partial charge in [-0.2, -0.15) is 0 Å². The predicted octanol–water partition coefficient (Wildman–Crippen LogP) is 3.07. The number of aliphatic hydroxyl groups is 1. The first-order chi connectivity index (χ1) is 21.0. The second-order valence-corrected chi connectivity index (χ2v) is 12.7. The van der Waals surface area contributed by atoms with Crippen molar-refractivity contribution in [3.05, 3.63) is 65.3 Å². The molecule has 1 aliphatic heterocycles. The normalized spacial score (nSPS) is 16.8. The zero-order valence-corrected chi connectivity index (χ0v) is 27.6. The van der Waals surface area contributed by atoms with Crippen LogP contribution in [0.25, 0.3) is 10.4 Å². The van der Waals surface area contributed by atoms with Crippen molar-refractivity contribution in [1.82, 2.24) is 20.5 Å². The topological polar surface area (TPSA) is 156 Å². The highest BCUT2D eigenvalue weighted by atomic mass is 35.5. The maximum atomic E-state index is 13.8. The van der Waals surface area contributed by atoms with Gasteiger partial charge in [0.2, 0.25) is 11.8 Å². The highest BCUT2D eigenvalue weighted by Crippen LogP contribution is 2.28. The molecule has 1 aliphatic rings. The largest absolute Gasteiger partial charge is 0.492 e. The Morgan fingerprint density at radius 3 is 2.31 bits per heavy atom. The summed E-state index contributed by atoms with van der Waals surface area (Å²) < 4.78 is 11.0. The molecule has 11 nitrogen and oxygen atoms in total. The fourth-order valence-corrected chi connectivity index (χ4v) is 5.75. The van der Waals surface area contributed by atoms with Crippen molar-refractivity contribution in [2.24, 2.45) is 11.1 Å². The molecule has 1 aromatic heterocycles. The van der Waals surface area contributed by atoms with Crippen LogP contribution < -0.4 is 25.8 Å². The second-order valence-electron chi connectivity index (χ2n) is 11.8. The van der Waals surface area contributed by atoms with Gasteiger partial charge in [-0.15, -0.1) is 23.7 Å². The summed E-state index contributed by atoms with van der Waals surface area (Å²) in [4.78, 5) is 46.7. The third-order valence-electron chi connectivity index (χ3n) is 7.29. The zero-order chi connectivity index (χ0) is 31.9. The van der Waals surface area contributed by atoms with E-state index in [2.05, 4.69) is 15.6 Å². The van der Waals surface area contributed by atoms with Gasteiger partial charge in [0, 0.05) is 26.1 Å². The summed E-state index contributed by atoms with van der Waals surface area (Å²) in [6.45, 7) is 8.20. The van der Waals surface area contributed by atoms with Crippen molar-refractivity contribution in [1.29, 1.82) is 0 Å². The summed E-state index contributed by atoms with van der Waals surface area (Å²) >= 11 is 1.58. The molecule has 0 aliphatic carbocycles. The summed E-state index contributed by atoms with van der Waals surface area (Å²) in [5, 5.41) is 16.1. The molecule has 13 heteroatoms. The van der Waals surface area contributed by atoms with Gasteiger partial charge in [-0.25, -0.2) is 4.98 Å². The summed E-state index contributed by atoms with van der Waals surface area (Å²) in [5.74, 6) is -0.185. The molecule has 4 rings (SSSR count). The van der Waals surface area contributed by atoms with Crippen LogP contribution in [0, 0.1) is 12.3 Å². The number of benzene rings is 2.